The number of hydrogen-bond donors (Lipinski definition) is 1. The lowest BCUT2D eigenvalue weighted by atomic mass is 9.96. The van der Waals surface area contributed by atoms with Crippen molar-refractivity contribution in [3.05, 3.63) is 64.8 Å². The second kappa shape index (κ2) is 8.99. The molecule has 2 aromatic carbocycles. The molecule has 1 N–H and O–H groups in total. The molecule has 0 unspecified atom stereocenters. The Bertz CT molecular complexity index is 1360. The number of sulfonamides is 1. The van der Waals surface area contributed by atoms with Crippen LogP contribution in [0.4, 0.5) is 4.39 Å². The van der Waals surface area contributed by atoms with Gasteiger partial charge in [0.2, 0.25) is 15.9 Å². The molecule has 3 aromatic rings. The van der Waals surface area contributed by atoms with Crippen molar-refractivity contribution in [2.45, 2.75) is 36.6 Å². The molecule has 0 saturated carbocycles. The van der Waals surface area contributed by atoms with Crippen molar-refractivity contribution in [3.63, 3.8) is 0 Å². The highest BCUT2D eigenvalue weighted by atomic mass is 32.2. The molecule has 1 aromatic heterocycles. The van der Waals surface area contributed by atoms with Crippen molar-refractivity contribution in [1.29, 1.82) is 0 Å². The maximum Gasteiger partial charge on any atom is 0.326 e. The summed E-state index contributed by atoms with van der Waals surface area (Å²) >= 11 is 0. The highest BCUT2D eigenvalue weighted by Gasteiger charge is 2.36. The molecule has 5 rings (SSSR count). The van der Waals surface area contributed by atoms with E-state index in [2.05, 4.69) is 4.98 Å². The number of H-pyrrole nitrogens is 1. The molecule has 34 heavy (non-hydrogen) atoms. The van der Waals surface area contributed by atoms with E-state index in [0.717, 1.165) is 23.2 Å². The van der Waals surface area contributed by atoms with Crippen molar-refractivity contribution in [2.24, 2.45) is 5.92 Å². The predicted molar refractivity (Wildman–Crippen MR) is 125 cm³/mol. The summed E-state index contributed by atoms with van der Waals surface area (Å²) in [5, 5.41) is 0. The first-order valence-electron chi connectivity index (χ1n) is 11.6. The van der Waals surface area contributed by atoms with Gasteiger partial charge in [-0.15, -0.1) is 0 Å². The number of halogens is 1. The first-order valence-corrected chi connectivity index (χ1v) is 13.0. The van der Waals surface area contributed by atoms with E-state index in [1.807, 2.05) is 24.3 Å². The summed E-state index contributed by atoms with van der Waals surface area (Å²) in [6.45, 7) is 1.52. The smallest absolute Gasteiger partial charge is 0.326 e. The van der Waals surface area contributed by atoms with Gasteiger partial charge in [-0.05, 0) is 62.1 Å². The van der Waals surface area contributed by atoms with Crippen LogP contribution in [-0.4, -0.2) is 59.3 Å². The minimum atomic E-state index is -3.79. The number of benzene rings is 2. The van der Waals surface area contributed by atoms with Gasteiger partial charge in [0.1, 0.15) is 5.82 Å². The number of hydrogen-bond acceptors (Lipinski definition) is 4. The number of para-hydroxylation sites is 2. The summed E-state index contributed by atoms with van der Waals surface area (Å²) in [5.74, 6) is -0.941. The third-order valence-corrected chi connectivity index (χ3v) is 8.83. The lowest BCUT2D eigenvalue weighted by molar-refractivity contribution is -0.138. The third kappa shape index (κ3) is 4.16. The van der Waals surface area contributed by atoms with Gasteiger partial charge in [0.05, 0.1) is 21.8 Å². The van der Waals surface area contributed by atoms with Crippen LogP contribution in [0.3, 0.4) is 0 Å². The third-order valence-electron chi connectivity index (χ3n) is 6.95. The van der Waals surface area contributed by atoms with Crippen LogP contribution in [0.15, 0.2) is 58.2 Å². The molecule has 0 bridgehead atoms. The monoisotopic (exact) mass is 486 g/mol. The van der Waals surface area contributed by atoms with Crippen molar-refractivity contribution in [1.82, 2.24) is 18.8 Å². The number of rotatable bonds is 4. The molecule has 2 aliphatic rings. The number of aromatic nitrogens is 2. The van der Waals surface area contributed by atoms with Crippen LogP contribution < -0.4 is 5.69 Å². The average Bonchev–Trinajstić information content (AvgIpc) is 3.19. The number of aromatic amines is 1. The number of nitrogens with zero attached hydrogens (tertiary/aromatic N) is 3. The Labute approximate surface area is 197 Å². The summed E-state index contributed by atoms with van der Waals surface area (Å²) in [5.41, 5.74) is 1.53. The fourth-order valence-electron chi connectivity index (χ4n) is 5.16. The number of nitrogens with one attached hydrogen (secondary N) is 1. The van der Waals surface area contributed by atoms with Crippen LogP contribution in [0.5, 0.6) is 0 Å². The van der Waals surface area contributed by atoms with Gasteiger partial charge in [-0.1, -0.05) is 12.1 Å². The van der Waals surface area contributed by atoms with E-state index >= 15 is 0 Å². The van der Waals surface area contributed by atoms with Crippen molar-refractivity contribution in [3.8, 4) is 0 Å². The first-order chi connectivity index (χ1) is 16.3. The summed E-state index contributed by atoms with van der Waals surface area (Å²) in [6, 6.07) is 12.4. The Balaban J connectivity index is 1.25. The standard InChI is InChI=1S/C24H27FN4O4S/c25-18-7-9-20(10-8-18)34(32,33)28-13-3-4-17(16-28)23(30)27-14-11-19(12-15-27)29-22-6-2-1-5-21(22)26-24(29)31/h1-2,5-10,17,19H,3-4,11-16H2,(H,26,31)/t17-/m1/s1. The zero-order valence-electron chi connectivity index (χ0n) is 18.7. The van der Waals surface area contributed by atoms with Crippen LogP contribution in [0, 0.1) is 11.7 Å². The van der Waals surface area contributed by atoms with E-state index in [4.69, 9.17) is 0 Å². The molecule has 2 fully saturated rings. The number of amides is 1. The van der Waals surface area contributed by atoms with Gasteiger partial charge in [0.25, 0.3) is 0 Å². The highest BCUT2D eigenvalue weighted by Crippen LogP contribution is 2.29. The second-order valence-electron chi connectivity index (χ2n) is 9.03. The molecule has 0 aliphatic carbocycles. The van der Waals surface area contributed by atoms with E-state index < -0.39 is 21.8 Å². The molecule has 1 atom stereocenters. The van der Waals surface area contributed by atoms with Gasteiger partial charge in [-0.25, -0.2) is 17.6 Å². The van der Waals surface area contributed by atoms with E-state index in [0.29, 0.717) is 45.3 Å². The second-order valence-corrected chi connectivity index (χ2v) is 11.0. The Morgan fingerprint density at radius 3 is 2.41 bits per heavy atom. The molecule has 0 spiro atoms. The molecule has 10 heteroatoms. The fourth-order valence-corrected chi connectivity index (χ4v) is 6.68. The molecular weight excluding hydrogens is 459 g/mol. The molecule has 2 aliphatic heterocycles. The number of piperidine rings is 2. The van der Waals surface area contributed by atoms with Crippen molar-refractivity contribution < 1.29 is 17.6 Å². The van der Waals surface area contributed by atoms with Gasteiger partial charge in [-0.3, -0.25) is 9.36 Å². The molecule has 1 amide bonds. The summed E-state index contributed by atoms with van der Waals surface area (Å²) < 4.78 is 42.4. The maximum absolute atomic E-state index is 13.3. The normalized spacial score (nSPS) is 20.6. The Kier molecular flexibility index (Phi) is 6.03. The minimum Gasteiger partial charge on any atom is -0.342 e. The predicted octanol–water partition coefficient (Wildman–Crippen LogP) is 2.73. The molecule has 3 heterocycles. The Morgan fingerprint density at radius 1 is 0.971 bits per heavy atom. The first kappa shape index (κ1) is 22.8. The Hall–Kier alpha value is -2.98. The largest absolute Gasteiger partial charge is 0.342 e. The summed E-state index contributed by atoms with van der Waals surface area (Å²) in [6.07, 6.45) is 2.56. The number of carbonyl (C=O) groups excluding carboxylic acids is 1. The SMILES string of the molecule is O=C([C@@H]1CCCN(S(=O)(=O)c2ccc(F)cc2)C1)N1CCC(n2c(=O)[nH]c3ccccc32)CC1. The van der Waals surface area contributed by atoms with E-state index in [-0.39, 0.29) is 29.1 Å². The summed E-state index contributed by atoms with van der Waals surface area (Å²) in [4.78, 5) is 30.5. The molecule has 0 radical (unpaired) electrons. The van der Waals surface area contributed by atoms with Crippen molar-refractivity contribution in [2.75, 3.05) is 26.2 Å². The van der Waals surface area contributed by atoms with Gasteiger partial charge < -0.3 is 9.88 Å². The molecule has 8 nitrogen and oxygen atoms in total. The number of imidazole rings is 1. The fraction of sp³-hybridized carbons (Fsp3) is 0.417. The van der Waals surface area contributed by atoms with Crippen LogP contribution >= 0.6 is 0 Å². The van der Waals surface area contributed by atoms with Crippen molar-refractivity contribution >= 4 is 27.0 Å². The molecule has 2 saturated heterocycles. The van der Waals surface area contributed by atoms with Gasteiger partial charge in [0.15, 0.2) is 0 Å². The van der Waals surface area contributed by atoms with Crippen LogP contribution in [-0.2, 0) is 14.8 Å². The lowest BCUT2D eigenvalue weighted by Crippen LogP contribution is -2.49. The zero-order chi connectivity index (χ0) is 23.9. The van der Waals surface area contributed by atoms with Gasteiger partial charge >= 0.3 is 5.69 Å². The zero-order valence-corrected chi connectivity index (χ0v) is 19.5. The topological polar surface area (TPSA) is 95.5 Å². The molecular formula is C24H27FN4O4S. The Morgan fingerprint density at radius 2 is 1.68 bits per heavy atom. The van der Waals surface area contributed by atoms with Crippen LogP contribution in [0.25, 0.3) is 11.0 Å². The minimum absolute atomic E-state index is 0.00871. The molecule has 180 valence electrons. The number of carbonyl (C=O) groups is 1. The highest BCUT2D eigenvalue weighted by molar-refractivity contribution is 7.89. The summed E-state index contributed by atoms with van der Waals surface area (Å²) in [7, 11) is -3.79. The van der Waals surface area contributed by atoms with E-state index in [1.54, 1.807) is 9.47 Å². The van der Waals surface area contributed by atoms with E-state index in [1.165, 1.54) is 16.4 Å². The quantitative estimate of drug-likeness (QED) is 0.614. The average molecular weight is 487 g/mol. The maximum atomic E-state index is 13.3. The van der Waals surface area contributed by atoms with Crippen LogP contribution in [0.1, 0.15) is 31.7 Å². The number of fused-ring (bicyclic) bond motifs is 1. The van der Waals surface area contributed by atoms with Gasteiger partial charge in [-0.2, -0.15) is 4.31 Å². The number of likely N-dealkylation sites (tertiary alicyclic amines) is 1. The van der Waals surface area contributed by atoms with E-state index in [9.17, 15) is 22.4 Å². The van der Waals surface area contributed by atoms with Crippen LogP contribution in [0.2, 0.25) is 0 Å². The van der Waals surface area contributed by atoms with Gasteiger partial charge in [0, 0.05) is 32.2 Å². The lowest BCUT2D eigenvalue weighted by Gasteiger charge is -2.37.